The second-order valence-electron chi connectivity index (χ2n) is 9.35. The fraction of sp³-hybridized carbons (Fsp3) is 0.276. The van der Waals surface area contributed by atoms with Crippen molar-refractivity contribution in [2.24, 2.45) is 0 Å². The van der Waals surface area contributed by atoms with Crippen LogP contribution >= 0.6 is 0 Å². The summed E-state index contributed by atoms with van der Waals surface area (Å²) in [6, 6.07) is 21.3. The average Bonchev–Trinajstić information content (AvgIpc) is 2.91. The highest BCUT2D eigenvalue weighted by molar-refractivity contribution is 5.71. The van der Waals surface area contributed by atoms with Crippen LogP contribution in [0.3, 0.4) is 0 Å². The Bertz CT molecular complexity index is 1320. The van der Waals surface area contributed by atoms with Gasteiger partial charge in [0.2, 0.25) is 0 Å². The van der Waals surface area contributed by atoms with E-state index in [4.69, 9.17) is 4.74 Å². The smallest absolute Gasteiger partial charge is 0.410 e. The summed E-state index contributed by atoms with van der Waals surface area (Å²) in [5.41, 5.74) is 8.07. The quantitative estimate of drug-likeness (QED) is 0.334. The Morgan fingerprint density at radius 2 is 1.83 bits per heavy atom. The van der Waals surface area contributed by atoms with Gasteiger partial charge in [-0.3, -0.25) is 10.1 Å². The molecule has 0 aromatic heterocycles. The Balaban J connectivity index is 1.21. The summed E-state index contributed by atoms with van der Waals surface area (Å²) < 4.78 is 5.51. The first kappa shape index (κ1) is 23.6. The van der Waals surface area contributed by atoms with Crippen molar-refractivity contribution in [3.63, 3.8) is 0 Å². The minimum Gasteiger partial charge on any atom is -0.445 e. The van der Waals surface area contributed by atoms with Gasteiger partial charge in [0.25, 0.3) is 5.69 Å². The predicted octanol–water partition coefficient (Wildman–Crippen LogP) is 5.89. The van der Waals surface area contributed by atoms with E-state index in [0.717, 1.165) is 42.7 Å². The van der Waals surface area contributed by atoms with Crippen molar-refractivity contribution in [1.29, 1.82) is 0 Å². The number of hydrogen-bond donors (Lipinski definition) is 0. The van der Waals surface area contributed by atoms with Crippen LogP contribution in [0.15, 0.2) is 72.8 Å². The summed E-state index contributed by atoms with van der Waals surface area (Å²) in [5.74, 6) is 0. The van der Waals surface area contributed by atoms with Gasteiger partial charge in [0.05, 0.1) is 4.92 Å². The van der Waals surface area contributed by atoms with E-state index in [1.807, 2.05) is 43.3 Å². The largest absolute Gasteiger partial charge is 0.445 e. The Morgan fingerprint density at radius 1 is 1.00 bits per heavy atom. The molecule has 7 nitrogen and oxygen atoms in total. The molecule has 0 saturated carbocycles. The number of nitrogens with zero attached hydrogens (tertiary/aromatic N) is 3. The molecule has 0 atom stereocenters. The molecule has 0 saturated heterocycles. The molecule has 0 aliphatic carbocycles. The highest BCUT2D eigenvalue weighted by atomic mass is 16.6. The lowest BCUT2D eigenvalue weighted by Gasteiger charge is -2.31. The lowest BCUT2D eigenvalue weighted by atomic mass is 9.92. The molecule has 1 amide bonds. The Hall–Kier alpha value is -4.13. The maximum Gasteiger partial charge on any atom is 0.410 e. The van der Waals surface area contributed by atoms with Crippen molar-refractivity contribution in [3.8, 4) is 0 Å². The number of hydrogen-bond acceptors (Lipinski definition) is 5. The van der Waals surface area contributed by atoms with E-state index in [-0.39, 0.29) is 23.3 Å². The second-order valence-corrected chi connectivity index (χ2v) is 9.35. The molecule has 0 spiro atoms. The number of nitro groups is 1. The Morgan fingerprint density at radius 3 is 2.56 bits per heavy atom. The van der Waals surface area contributed by atoms with Gasteiger partial charge in [-0.15, -0.1) is 0 Å². The van der Waals surface area contributed by atoms with Crippen molar-refractivity contribution in [3.05, 3.63) is 111 Å². The topological polar surface area (TPSA) is 75.9 Å². The summed E-state index contributed by atoms with van der Waals surface area (Å²) in [6.45, 7) is 5.05. The highest BCUT2D eigenvalue weighted by Crippen LogP contribution is 2.31. The van der Waals surface area contributed by atoms with Crippen molar-refractivity contribution in [1.82, 2.24) is 4.90 Å². The first-order valence-electron chi connectivity index (χ1n) is 12.2. The molecule has 3 aromatic rings. The van der Waals surface area contributed by atoms with Gasteiger partial charge in [-0.1, -0.05) is 54.6 Å². The summed E-state index contributed by atoms with van der Waals surface area (Å²) in [6.07, 6.45) is 3.70. The van der Waals surface area contributed by atoms with E-state index in [9.17, 15) is 14.9 Å². The van der Waals surface area contributed by atoms with E-state index < -0.39 is 0 Å². The SMILES string of the molecule is Cc1cc([N+](=O)[O-])ccc1N1CC=C(c2ccc3c(c2)CCN(C(=O)OCc2ccccc2)C3)CC1. The molecule has 0 unspecified atom stereocenters. The van der Waals surface area contributed by atoms with Crippen molar-refractivity contribution >= 4 is 23.0 Å². The number of ether oxygens (including phenoxy) is 1. The summed E-state index contributed by atoms with van der Waals surface area (Å²) in [4.78, 5) is 27.3. The molecule has 2 aliphatic rings. The summed E-state index contributed by atoms with van der Waals surface area (Å²) >= 11 is 0. The first-order valence-corrected chi connectivity index (χ1v) is 12.2. The number of nitro benzene ring substituents is 1. The number of anilines is 1. The lowest BCUT2D eigenvalue weighted by molar-refractivity contribution is -0.384. The third-order valence-corrected chi connectivity index (χ3v) is 6.99. The Labute approximate surface area is 210 Å². The second kappa shape index (κ2) is 10.2. The number of aryl methyl sites for hydroxylation is 1. The van der Waals surface area contributed by atoms with Gasteiger partial charge < -0.3 is 14.5 Å². The van der Waals surface area contributed by atoms with E-state index in [1.54, 1.807) is 17.0 Å². The molecule has 0 radical (unpaired) electrons. The zero-order valence-electron chi connectivity index (χ0n) is 20.4. The van der Waals surface area contributed by atoms with Crippen LogP contribution < -0.4 is 4.90 Å². The Kier molecular flexibility index (Phi) is 6.71. The number of carbonyl (C=O) groups excluding carboxylic acids is 1. The van der Waals surface area contributed by atoms with E-state index in [1.165, 1.54) is 22.3 Å². The highest BCUT2D eigenvalue weighted by Gasteiger charge is 2.23. The molecule has 3 aromatic carbocycles. The standard InChI is InChI=1S/C29H29N3O4/c1-21-17-27(32(34)35)9-10-28(21)30-14-11-23(12-15-30)24-7-8-26-19-31(16-13-25(26)18-24)29(33)36-20-22-5-3-2-4-6-22/h2-11,17-18H,12-16,19-20H2,1H3. The number of rotatable bonds is 5. The summed E-state index contributed by atoms with van der Waals surface area (Å²) in [5, 5.41) is 11.0. The third-order valence-electron chi connectivity index (χ3n) is 6.99. The zero-order chi connectivity index (χ0) is 25.1. The van der Waals surface area contributed by atoms with Gasteiger partial charge in [0.15, 0.2) is 0 Å². The fourth-order valence-electron chi connectivity index (χ4n) is 4.98. The van der Waals surface area contributed by atoms with Crippen molar-refractivity contribution < 1.29 is 14.5 Å². The van der Waals surface area contributed by atoms with Gasteiger partial charge in [-0.2, -0.15) is 0 Å². The predicted molar refractivity (Wildman–Crippen MR) is 140 cm³/mol. The average molecular weight is 484 g/mol. The van der Waals surface area contributed by atoms with Crippen molar-refractivity contribution in [2.75, 3.05) is 24.5 Å². The number of fused-ring (bicyclic) bond motifs is 1. The molecule has 2 heterocycles. The minimum atomic E-state index is -0.353. The van der Waals surface area contributed by atoms with Crippen LogP contribution in [-0.2, 0) is 24.3 Å². The maximum atomic E-state index is 12.6. The van der Waals surface area contributed by atoms with E-state index >= 15 is 0 Å². The molecular weight excluding hydrogens is 454 g/mol. The maximum absolute atomic E-state index is 12.6. The molecule has 0 bridgehead atoms. The molecule has 5 rings (SSSR count). The number of amides is 1. The monoisotopic (exact) mass is 483 g/mol. The fourth-order valence-corrected chi connectivity index (χ4v) is 4.98. The number of benzene rings is 3. The van der Waals surface area contributed by atoms with E-state index in [2.05, 4.69) is 29.2 Å². The van der Waals surface area contributed by atoms with E-state index in [0.29, 0.717) is 13.1 Å². The van der Waals surface area contributed by atoms with Gasteiger partial charge in [-0.25, -0.2) is 4.79 Å². The lowest BCUT2D eigenvalue weighted by Crippen LogP contribution is -2.36. The van der Waals surface area contributed by atoms with Crippen LogP contribution in [0.1, 0.15) is 34.2 Å². The molecule has 7 heteroatoms. The zero-order valence-corrected chi connectivity index (χ0v) is 20.4. The first-order chi connectivity index (χ1) is 17.5. The number of carbonyl (C=O) groups is 1. The van der Waals surface area contributed by atoms with Gasteiger partial charge in [0.1, 0.15) is 6.61 Å². The summed E-state index contributed by atoms with van der Waals surface area (Å²) in [7, 11) is 0. The van der Waals surface area contributed by atoms with Gasteiger partial charge >= 0.3 is 6.09 Å². The minimum absolute atomic E-state index is 0.126. The normalized spacial score (nSPS) is 15.2. The van der Waals surface area contributed by atoms with Crippen molar-refractivity contribution in [2.45, 2.75) is 32.9 Å². The molecule has 2 aliphatic heterocycles. The number of non-ortho nitro benzene ring substituents is 1. The van der Waals surface area contributed by atoms with Gasteiger partial charge in [-0.05, 0) is 59.2 Å². The molecule has 36 heavy (non-hydrogen) atoms. The molecule has 0 N–H and O–H groups in total. The third kappa shape index (κ3) is 5.10. The molecule has 0 fully saturated rings. The molecular formula is C29H29N3O4. The van der Waals surface area contributed by atoms with Crippen LogP contribution in [0.4, 0.5) is 16.2 Å². The molecule has 184 valence electrons. The van der Waals surface area contributed by atoms with Crippen LogP contribution in [-0.4, -0.2) is 35.6 Å². The van der Waals surface area contributed by atoms with Gasteiger partial charge in [0, 0.05) is 44.0 Å². The van der Waals surface area contributed by atoms with Crippen LogP contribution in [0.5, 0.6) is 0 Å². The van der Waals surface area contributed by atoms with Crippen LogP contribution in [0.2, 0.25) is 0 Å². The van der Waals surface area contributed by atoms with Crippen LogP contribution in [0, 0.1) is 17.0 Å². The van der Waals surface area contributed by atoms with Crippen LogP contribution in [0.25, 0.3) is 5.57 Å².